The molecule has 8 nitrogen and oxygen atoms in total. The van der Waals surface area contributed by atoms with Crippen molar-refractivity contribution in [1.29, 1.82) is 0 Å². The number of hydrogen-bond donors (Lipinski definition) is 2. The Morgan fingerprint density at radius 2 is 1.96 bits per heavy atom. The van der Waals surface area contributed by atoms with Crippen molar-refractivity contribution in [3.63, 3.8) is 0 Å². The summed E-state index contributed by atoms with van der Waals surface area (Å²) < 4.78 is 13.0. The summed E-state index contributed by atoms with van der Waals surface area (Å²) in [5.41, 5.74) is 1.84. The van der Waals surface area contributed by atoms with Crippen molar-refractivity contribution in [2.45, 2.75) is 12.8 Å². The molecular formula is C18H15FN6O2S. The summed E-state index contributed by atoms with van der Waals surface area (Å²) in [5.74, 6) is -0.966. The second-order valence-electron chi connectivity index (χ2n) is 5.67. The number of hydrogen-bond acceptors (Lipinski definition) is 7. The van der Waals surface area contributed by atoms with Crippen molar-refractivity contribution in [3.05, 3.63) is 60.4 Å². The zero-order valence-corrected chi connectivity index (χ0v) is 15.5. The van der Waals surface area contributed by atoms with Gasteiger partial charge in [-0.15, -0.1) is 0 Å². The van der Waals surface area contributed by atoms with E-state index in [1.54, 1.807) is 25.4 Å². The molecule has 0 aliphatic heterocycles. The number of carbonyl (C=O) groups excluding carboxylic acids is 2. The third-order valence-corrected chi connectivity index (χ3v) is 4.45. The van der Waals surface area contributed by atoms with Crippen LogP contribution in [0.4, 0.5) is 15.3 Å². The second-order valence-corrected chi connectivity index (χ2v) is 6.65. The van der Waals surface area contributed by atoms with Gasteiger partial charge in [0.15, 0.2) is 16.1 Å². The van der Waals surface area contributed by atoms with E-state index in [0.717, 1.165) is 23.6 Å². The Hall–Kier alpha value is -3.53. The fourth-order valence-electron chi connectivity index (χ4n) is 2.23. The maximum Gasteiger partial charge on any atom is 0.248 e. The minimum atomic E-state index is -0.543. The molecule has 3 heterocycles. The van der Waals surface area contributed by atoms with Gasteiger partial charge in [0.05, 0.1) is 30.2 Å². The topological polar surface area (TPSA) is 110 Å². The third kappa shape index (κ3) is 4.60. The first-order valence-corrected chi connectivity index (χ1v) is 8.91. The SMILES string of the molecule is C=CC(=O)Nc1cnc(-c2cncc(C(C)C(=O)Nc3ncc(F)s3)c2)cn1. The van der Waals surface area contributed by atoms with Crippen molar-refractivity contribution in [3.8, 4) is 11.3 Å². The first-order valence-electron chi connectivity index (χ1n) is 8.09. The summed E-state index contributed by atoms with van der Waals surface area (Å²) in [5, 5.41) is 4.81. The maximum atomic E-state index is 13.0. The summed E-state index contributed by atoms with van der Waals surface area (Å²) in [6.45, 7) is 5.07. The monoisotopic (exact) mass is 398 g/mol. The lowest BCUT2D eigenvalue weighted by molar-refractivity contribution is -0.117. The Morgan fingerprint density at radius 1 is 1.14 bits per heavy atom. The number of aromatic nitrogens is 4. The zero-order valence-electron chi connectivity index (χ0n) is 14.7. The molecule has 1 unspecified atom stereocenters. The lowest BCUT2D eigenvalue weighted by Crippen LogP contribution is -2.18. The van der Waals surface area contributed by atoms with Gasteiger partial charge in [-0.2, -0.15) is 4.39 Å². The van der Waals surface area contributed by atoms with E-state index in [-0.39, 0.29) is 16.9 Å². The number of amides is 2. The molecule has 0 saturated heterocycles. The summed E-state index contributed by atoms with van der Waals surface area (Å²) in [4.78, 5) is 40.0. The molecule has 0 aliphatic carbocycles. The molecule has 3 aromatic rings. The van der Waals surface area contributed by atoms with Crippen LogP contribution < -0.4 is 10.6 Å². The fraction of sp³-hybridized carbons (Fsp3) is 0.111. The van der Waals surface area contributed by atoms with E-state index in [4.69, 9.17) is 0 Å². The standard InChI is InChI=1S/C18H15FN6O2S/c1-3-16(26)24-15-9-21-13(7-22-15)12-4-11(5-20-6-12)10(2)17(27)25-18-23-8-14(19)28-18/h3-10H,1H2,2H3,(H,22,24,26)(H,23,25,27). The van der Waals surface area contributed by atoms with Gasteiger partial charge in [-0.05, 0) is 24.6 Å². The second kappa shape index (κ2) is 8.44. The van der Waals surface area contributed by atoms with Crippen LogP contribution in [0.15, 0.2) is 49.7 Å². The minimum absolute atomic E-state index is 0.196. The van der Waals surface area contributed by atoms with E-state index in [9.17, 15) is 14.0 Å². The van der Waals surface area contributed by atoms with E-state index < -0.39 is 11.0 Å². The number of nitrogens with one attached hydrogen (secondary N) is 2. The Bertz CT molecular complexity index is 1020. The molecule has 0 spiro atoms. The molecule has 0 aromatic carbocycles. The highest BCUT2D eigenvalue weighted by Crippen LogP contribution is 2.24. The number of carbonyl (C=O) groups is 2. The highest BCUT2D eigenvalue weighted by molar-refractivity contribution is 7.14. The maximum absolute atomic E-state index is 13.0. The van der Waals surface area contributed by atoms with Crippen LogP contribution in [0.3, 0.4) is 0 Å². The van der Waals surface area contributed by atoms with Crippen LogP contribution in [-0.4, -0.2) is 31.8 Å². The molecule has 2 N–H and O–H groups in total. The number of pyridine rings is 1. The third-order valence-electron chi connectivity index (χ3n) is 3.74. The minimum Gasteiger partial charge on any atom is -0.306 e. The van der Waals surface area contributed by atoms with Gasteiger partial charge < -0.3 is 10.6 Å². The Morgan fingerprint density at radius 3 is 2.61 bits per heavy atom. The van der Waals surface area contributed by atoms with Crippen molar-refractivity contribution in [1.82, 2.24) is 19.9 Å². The number of rotatable bonds is 6. The molecule has 3 rings (SSSR count). The lowest BCUT2D eigenvalue weighted by atomic mass is 10.0. The molecule has 1 atom stereocenters. The van der Waals surface area contributed by atoms with E-state index >= 15 is 0 Å². The van der Waals surface area contributed by atoms with Gasteiger partial charge in [-0.25, -0.2) is 9.97 Å². The van der Waals surface area contributed by atoms with E-state index in [2.05, 4.69) is 37.1 Å². The fourth-order valence-corrected chi connectivity index (χ4v) is 2.78. The predicted molar refractivity (Wildman–Crippen MR) is 103 cm³/mol. The average Bonchev–Trinajstić information content (AvgIpc) is 3.12. The molecule has 0 aliphatic rings. The predicted octanol–water partition coefficient (Wildman–Crippen LogP) is 3.00. The zero-order chi connectivity index (χ0) is 20.1. The first-order chi connectivity index (χ1) is 13.5. The summed E-state index contributed by atoms with van der Waals surface area (Å²) in [7, 11) is 0. The van der Waals surface area contributed by atoms with Gasteiger partial charge in [0.2, 0.25) is 11.8 Å². The lowest BCUT2D eigenvalue weighted by Gasteiger charge is -2.12. The molecule has 0 radical (unpaired) electrons. The molecule has 2 amide bonds. The molecular weight excluding hydrogens is 383 g/mol. The first kappa shape index (κ1) is 19.2. The van der Waals surface area contributed by atoms with E-state index in [1.807, 2.05) is 0 Å². The summed E-state index contributed by atoms with van der Waals surface area (Å²) in [6.07, 6.45) is 8.25. The van der Waals surface area contributed by atoms with Crippen LogP contribution in [0, 0.1) is 5.13 Å². The molecule has 0 saturated carbocycles. The quantitative estimate of drug-likeness (QED) is 0.618. The molecule has 28 heavy (non-hydrogen) atoms. The van der Waals surface area contributed by atoms with E-state index in [0.29, 0.717) is 22.6 Å². The molecule has 0 bridgehead atoms. The van der Waals surface area contributed by atoms with Gasteiger partial charge in [-0.1, -0.05) is 17.9 Å². The van der Waals surface area contributed by atoms with Gasteiger partial charge in [0, 0.05) is 18.0 Å². The van der Waals surface area contributed by atoms with Crippen LogP contribution in [0.5, 0.6) is 0 Å². The molecule has 142 valence electrons. The number of thiazole rings is 1. The van der Waals surface area contributed by atoms with Crippen LogP contribution in [-0.2, 0) is 9.59 Å². The van der Waals surface area contributed by atoms with Crippen LogP contribution in [0.25, 0.3) is 11.3 Å². The molecule has 3 aromatic heterocycles. The Kier molecular flexibility index (Phi) is 5.80. The molecule has 0 fully saturated rings. The van der Waals surface area contributed by atoms with Crippen molar-refractivity contribution in [2.75, 3.05) is 10.6 Å². The van der Waals surface area contributed by atoms with Crippen LogP contribution >= 0.6 is 11.3 Å². The summed E-state index contributed by atoms with van der Waals surface area (Å²) in [6, 6.07) is 1.77. The number of nitrogens with zero attached hydrogens (tertiary/aromatic N) is 4. The van der Waals surface area contributed by atoms with Crippen molar-refractivity contribution >= 4 is 34.1 Å². The highest BCUT2D eigenvalue weighted by atomic mass is 32.1. The largest absolute Gasteiger partial charge is 0.306 e. The van der Waals surface area contributed by atoms with Crippen LogP contribution in [0.1, 0.15) is 18.4 Å². The van der Waals surface area contributed by atoms with Gasteiger partial charge in [0.25, 0.3) is 0 Å². The Labute approximate surface area is 163 Å². The van der Waals surface area contributed by atoms with Crippen LogP contribution in [0.2, 0.25) is 0 Å². The van der Waals surface area contributed by atoms with Gasteiger partial charge in [0.1, 0.15) is 0 Å². The van der Waals surface area contributed by atoms with Crippen molar-refractivity contribution in [2.24, 2.45) is 0 Å². The average molecular weight is 398 g/mol. The number of anilines is 2. The van der Waals surface area contributed by atoms with E-state index in [1.165, 1.54) is 12.4 Å². The molecule has 10 heteroatoms. The normalized spacial score (nSPS) is 11.5. The smallest absolute Gasteiger partial charge is 0.248 e. The Balaban J connectivity index is 1.75. The van der Waals surface area contributed by atoms with Gasteiger partial charge in [-0.3, -0.25) is 19.6 Å². The summed E-state index contributed by atoms with van der Waals surface area (Å²) >= 11 is 0.756. The highest BCUT2D eigenvalue weighted by Gasteiger charge is 2.18. The van der Waals surface area contributed by atoms with Crippen molar-refractivity contribution < 1.29 is 14.0 Å². The van der Waals surface area contributed by atoms with Gasteiger partial charge >= 0.3 is 0 Å². The number of halogens is 1.